The van der Waals surface area contributed by atoms with E-state index in [1.807, 2.05) is 6.07 Å². The number of ether oxygens (including phenoxy) is 2. The van der Waals surface area contributed by atoms with Crippen molar-refractivity contribution >= 4 is 11.6 Å². The Hall–Kier alpha value is -0.890. The van der Waals surface area contributed by atoms with Crippen molar-refractivity contribution in [1.29, 1.82) is 0 Å². The second kappa shape index (κ2) is 6.08. The third-order valence-corrected chi connectivity index (χ3v) is 5.69. The number of rotatable bonds is 2. The summed E-state index contributed by atoms with van der Waals surface area (Å²) in [4.78, 5) is 0. The van der Waals surface area contributed by atoms with Gasteiger partial charge in [0.05, 0.1) is 18.6 Å². The molecule has 1 saturated carbocycles. The first-order chi connectivity index (χ1) is 10.1. The van der Waals surface area contributed by atoms with Gasteiger partial charge in [0.1, 0.15) is 0 Å². The van der Waals surface area contributed by atoms with E-state index in [1.54, 1.807) is 0 Å². The van der Waals surface area contributed by atoms with Crippen LogP contribution in [0.15, 0.2) is 18.2 Å². The van der Waals surface area contributed by atoms with E-state index in [2.05, 4.69) is 26.0 Å². The fourth-order valence-corrected chi connectivity index (χ4v) is 3.80. The minimum absolute atomic E-state index is 0.0485. The molecule has 0 saturated heterocycles. The van der Waals surface area contributed by atoms with Gasteiger partial charge in [-0.15, -0.1) is 11.6 Å². The van der Waals surface area contributed by atoms with Gasteiger partial charge in [-0.2, -0.15) is 0 Å². The normalized spacial score (nSPS) is 26.0. The van der Waals surface area contributed by atoms with Crippen LogP contribution >= 0.6 is 11.6 Å². The van der Waals surface area contributed by atoms with Crippen molar-refractivity contribution < 1.29 is 9.47 Å². The standard InChI is InChI=1S/C18H25ClO2/c1-13-11-20-15-7-6-14(10-16(15)21-12-13)17(19)18(2)8-4-3-5-9-18/h6-7,10,13,17H,3-5,8-9,11-12H2,1-2H3. The molecule has 0 amide bonds. The Morgan fingerprint density at radius 1 is 1.10 bits per heavy atom. The van der Waals surface area contributed by atoms with Crippen LogP contribution in [0.25, 0.3) is 0 Å². The molecular weight excluding hydrogens is 284 g/mol. The summed E-state index contributed by atoms with van der Waals surface area (Å²) in [5, 5.41) is 0.0485. The highest BCUT2D eigenvalue weighted by molar-refractivity contribution is 6.21. The van der Waals surface area contributed by atoms with Crippen LogP contribution in [-0.2, 0) is 0 Å². The number of alkyl halides is 1. The number of hydrogen-bond donors (Lipinski definition) is 0. The van der Waals surface area contributed by atoms with Gasteiger partial charge in [0, 0.05) is 5.92 Å². The largest absolute Gasteiger partial charge is 0.489 e. The van der Waals surface area contributed by atoms with Gasteiger partial charge in [-0.1, -0.05) is 39.2 Å². The zero-order valence-electron chi connectivity index (χ0n) is 13.0. The molecule has 0 spiro atoms. The van der Waals surface area contributed by atoms with Crippen molar-refractivity contribution in [1.82, 2.24) is 0 Å². The van der Waals surface area contributed by atoms with Gasteiger partial charge >= 0.3 is 0 Å². The smallest absolute Gasteiger partial charge is 0.161 e. The Labute approximate surface area is 132 Å². The molecule has 0 N–H and O–H groups in total. The summed E-state index contributed by atoms with van der Waals surface area (Å²) in [6, 6.07) is 6.21. The lowest BCUT2D eigenvalue weighted by Crippen LogP contribution is -2.25. The Bertz CT molecular complexity index is 494. The van der Waals surface area contributed by atoms with E-state index in [1.165, 1.54) is 32.1 Å². The first kappa shape index (κ1) is 15.0. The van der Waals surface area contributed by atoms with Crippen molar-refractivity contribution in [3.05, 3.63) is 23.8 Å². The highest BCUT2D eigenvalue weighted by Gasteiger charge is 2.35. The van der Waals surface area contributed by atoms with Crippen LogP contribution in [0.1, 0.15) is 56.9 Å². The molecule has 2 nitrogen and oxygen atoms in total. The third-order valence-electron chi connectivity index (χ3n) is 4.91. The van der Waals surface area contributed by atoms with Gasteiger partial charge in [-0.25, -0.2) is 0 Å². The van der Waals surface area contributed by atoms with Crippen LogP contribution in [0.5, 0.6) is 11.5 Å². The van der Waals surface area contributed by atoms with E-state index in [-0.39, 0.29) is 10.8 Å². The minimum Gasteiger partial charge on any atom is -0.489 e. The summed E-state index contributed by atoms with van der Waals surface area (Å²) in [7, 11) is 0. The van der Waals surface area contributed by atoms with E-state index in [0.29, 0.717) is 19.1 Å². The summed E-state index contributed by atoms with van der Waals surface area (Å²) in [6.45, 7) is 5.89. The maximum atomic E-state index is 6.84. The highest BCUT2D eigenvalue weighted by atomic mass is 35.5. The van der Waals surface area contributed by atoms with E-state index in [0.717, 1.165) is 17.1 Å². The molecule has 21 heavy (non-hydrogen) atoms. The van der Waals surface area contributed by atoms with Crippen molar-refractivity contribution in [2.24, 2.45) is 11.3 Å². The molecule has 1 heterocycles. The number of hydrogen-bond acceptors (Lipinski definition) is 2. The average Bonchev–Trinajstić information content (AvgIpc) is 2.69. The van der Waals surface area contributed by atoms with Crippen molar-refractivity contribution in [2.75, 3.05) is 13.2 Å². The molecule has 1 aliphatic heterocycles. The Morgan fingerprint density at radius 3 is 2.48 bits per heavy atom. The van der Waals surface area contributed by atoms with Gasteiger partial charge in [-0.05, 0) is 36.0 Å². The fourth-order valence-electron chi connectivity index (χ4n) is 3.44. The number of halogens is 1. The number of fused-ring (bicyclic) bond motifs is 1. The van der Waals surface area contributed by atoms with E-state index in [9.17, 15) is 0 Å². The Morgan fingerprint density at radius 2 is 1.76 bits per heavy atom. The van der Waals surface area contributed by atoms with E-state index >= 15 is 0 Å². The molecular formula is C18H25ClO2. The predicted octanol–water partition coefficient (Wildman–Crippen LogP) is 5.34. The SMILES string of the molecule is CC1COc2ccc(C(Cl)C3(C)CCCCC3)cc2OC1. The lowest BCUT2D eigenvalue weighted by Gasteiger charge is -2.38. The molecule has 0 radical (unpaired) electrons. The van der Waals surface area contributed by atoms with Crippen LogP contribution < -0.4 is 9.47 Å². The van der Waals surface area contributed by atoms with Crippen LogP contribution in [0.3, 0.4) is 0 Å². The molecule has 2 atom stereocenters. The minimum atomic E-state index is 0.0485. The van der Waals surface area contributed by atoms with Gasteiger partial charge in [0.25, 0.3) is 0 Å². The maximum absolute atomic E-state index is 6.84. The van der Waals surface area contributed by atoms with E-state index in [4.69, 9.17) is 21.1 Å². The van der Waals surface area contributed by atoms with Crippen LogP contribution in [0, 0.1) is 11.3 Å². The summed E-state index contributed by atoms with van der Waals surface area (Å²) < 4.78 is 11.7. The van der Waals surface area contributed by atoms with Crippen molar-refractivity contribution in [3.8, 4) is 11.5 Å². The first-order valence-electron chi connectivity index (χ1n) is 8.12. The topological polar surface area (TPSA) is 18.5 Å². The second-order valence-corrected chi connectivity index (χ2v) is 7.45. The maximum Gasteiger partial charge on any atom is 0.161 e. The first-order valence-corrected chi connectivity index (χ1v) is 8.56. The van der Waals surface area contributed by atoms with Gasteiger partial charge in [0.15, 0.2) is 11.5 Å². The molecule has 3 heteroatoms. The predicted molar refractivity (Wildman–Crippen MR) is 86.4 cm³/mol. The second-order valence-electron chi connectivity index (χ2n) is 7.01. The van der Waals surface area contributed by atoms with Gasteiger partial charge < -0.3 is 9.47 Å². The van der Waals surface area contributed by atoms with Crippen LogP contribution in [0.2, 0.25) is 0 Å². The fraction of sp³-hybridized carbons (Fsp3) is 0.667. The molecule has 1 aromatic rings. The molecule has 0 aromatic heterocycles. The average molecular weight is 309 g/mol. The quantitative estimate of drug-likeness (QED) is 0.686. The van der Waals surface area contributed by atoms with Gasteiger partial charge in [-0.3, -0.25) is 0 Å². The lowest BCUT2D eigenvalue weighted by atomic mass is 9.71. The zero-order valence-corrected chi connectivity index (χ0v) is 13.8. The van der Waals surface area contributed by atoms with Crippen molar-refractivity contribution in [3.63, 3.8) is 0 Å². The molecule has 1 fully saturated rings. The highest BCUT2D eigenvalue weighted by Crippen LogP contribution is 2.50. The summed E-state index contributed by atoms with van der Waals surface area (Å²) in [5.41, 5.74) is 1.37. The molecule has 116 valence electrons. The summed E-state index contributed by atoms with van der Waals surface area (Å²) in [5.74, 6) is 2.12. The number of benzene rings is 1. The van der Waals surface area contributed by atoms with Gasteiger partial charge in [0.2, 0.25) is 0 Å². The zero-order chi connectivity index (χ0) is 14.9. The Kier molecular flexibility index (Phi) is 4.35. The molecule has 2 aliphatic rings. The third kappa shape index (κ3) is 3.15. The summed E-state index contributed by atoms with van der Waals surface area (Å²) in [6.07, 6.45) is 6.36. The molecule has 1 aromatic carbocycles. The molecule has 0 bridgehead atoms. The van der Waals surface area contributed by atoms with E-state index < -0.39 is 0 Å². The molecule has 1 aliphatic carbocycles. The summed E-state index contributed by atoms with van der Waals surface area (Å²) >= 11 is 6.84. The Balaban J connectivity index is 1.83. The van der Waals surface area contributed by atoms with Crippen molar-refractivity contribution in [2.45, 2.75) is 51.3 Å². The van der Waals surface area contributed by atoms with Crippen LogP contribution in [0.4, 0.5) is 0 Å². The molecule has 2 unspecified atom stereocenters. The lowest BCUT2D eigenvalue weighted by molar-refractivity contribution is 0.206. The monoisotopic (exact) mass is 308 g/mol. The van der Waals surface area contributed by atoms with Crippen LogP contribution in [-0.4, -0.2) is 13.2 Å². The molecule has 3 rings (SSSR count).